The van der Waals surface area contributed by atoms with Gasteiger partial charge in [0, 0.05) is 11.4 Å². The number of benzene rings is 3. The van der Waals surface area contributed by atoms with Crippen molar-refractivity contribution in [3.63, 3.8) is 0 Å². The first kappa shape index (κ1) is 20.6. The third-order valence-corrected chi connectivity index (χ3v) is 3.92. The van der Waals surface area contributed by atoms with Crippen molar-refractivity contribution in [2.75, 3.05) is 17.2 Å². The summed E-state index contributed by atoms with van der Waals surface area (Å²) in [5.74, 6) is 0. The Bertz CT molecular complexity index is 978. The maximum atomic E-state index is 12.1. The monoisotopic (exact) mass is 402 g/mol. The summed E-state index contributed by atoms with van der Waals surface area (Å²) in [5.41, 5.74) is 10.5. The Balaban J connectivity index is 1.56. The molecule has 0 aliphatic heterocycles. The molecule has 0 fully saturated rings. The second kappa shape index (κ2) is 11.0. The number of carbonyl (C=O) groups excluding carboxylic acids is 2. The van der Waals surface area contributed by atoms with E-state index in [9.17, 15) is 9.59 Å². The predicted octanol–water partition coefficient (Wildman–Crippen LogP) is 3.54. The van der Waals surface area contributed by atoms with Crippen molar-refractivity contribution in [1.29, 1.82) is 0 Å². The summed E-state index contributed by atoms with van der Waals surface area (Å²) in [7, 11) is 0. The van der Waals surface area contributed by atoms with Crippen LogP contribution in [0.3, 0.4) is 0 Å². The Morgan fingerprint density at radius 3 is 1.73 bits per heavy atom. The number of hydrogen-bond donors (Lipinski definition) is 5. The number of anilines is 2. The molecule has 30 heavy (non-hydrogen) atoms. The molecule has 4 amide bonds. The molecule has 0 saturated heterocycles. The van der Waals surface area contributed by atoms with Crippen LogP contribution in [-0.4, -0.2) is 24.3 Å². The predicted molar refractivity (Wildman–Crippen MR) is 118 cm³/mol. The highest BCUT2D eigenvalue weighted by atomic mass is 16.2. The van der Waals surface area contributed by atoms with Crippen molar-refractivity contribution in [3.8, 4) is 0 Å². The van der Waals surface area contributed by atoms with Gasteiger partial charge in [0.15, 0.2) is 0 Å². The van der Waals surface area contributed by atoms with Crippen molar-refractivity contribution in [3.05, 3.63) is 96.6 Å². The van der Waals surface area contributed by atoms with Gasteiger partial charge in [0.1, 0.15) is 0 Å². The zero-order chi connectivity index (χ0) is 21.0. The van der Waals surface area contributed by atoms with Gasteiger partial charge in [-0.15, -0.1) is 0 Å². The van der Waals surface area contributed by atoms with Crippen LogP contribution in [-0.2, 0) is 0 Å². The lowest BCUT2D eigenvalue weighted by Crippen LogP contribution is -2.43. The average Bonchev–Trinajstić information content (AvgIpc) is 2.78. The van der Waals surface area contributed by atoms with Gasteiger partial charge in [-0.25, -0.2) is 20.4 Å². The first-order chi connectivity index (χ1) is 14.7. The van der Waals surface area contributed by atoms with Crippen LogP contribution in [0, 0.1) is 0 Å². The summed E-state index contributed by atoms with van der Waals surface area (Å²) in [5, 5.41) is 9.59. The molecule has 0 spiro atoms. The molecule has 8 nitrogen and oxygen atoms in total. The number of carbonyl (C=O) groups is 2. The van der Waals surface area contributed by atoms with Gasteiger partial charge in [0.2, 0.25) is 0 Å². The molecule has 0 aliphatic carbocycles. The van der Waals surface area contributed by atoms with Gasteiger partial charge in [0.05, 0.1) is 12.3 Å². The van der Waals surface area contributed by atoms with Gasteiger partial charge in [0.25, 0.3) is 0 Å². The molecule has 0 saturated carbocycles. The Morgan fingerprint density at radius 1 is 0.667 bits per heavy atom. The topological polar surface area (TPSA) is 107 Å². The van der Waals surface area contributed by atoms with Crippen molar-refractivity contribution in [1.82, 2.24) is 16.3 Å². The first-order valence-electron chi connectivity index (χ1n) is 9.29. The lowest BCUT2D eigenvalue weighted by atomic mass is 10.1. The third-order valence-electron chi connectivity index (χ3n) is 3.92. The molecule has 3 aromatic carbocycles. The number of hydrazine groups is 1. The normalized spacial score (nSPS) is 10.7. The minimum Gasteiger partial charge on any atom is -0.307 e. The zero-order valence-electron chi connectivity index (χ0n) is 16.1. The van der Waals surface area contributed by atoms with Crippen LogP contribution in [0.1, 0.15) is 5.56 Å². The van der Waals surface area contributed by atoms with Crippen molar-refractivity contribution >= 4 is 29.1 Å². The van der Waals surface area contributed by atoms with E-state index in [-0.39, 0.29) is 6.54 Å². The fourth-order valence-corrected chi connectivity index (χ4v) is 2.53. The Kier molecular flexibility index (Phi) is 7.53. The Morgan fingerprint density at radius 2 is 1.17 bits per heavy atom. The largest absolute Gasteiger partial charge is 0.339 e. The van der Waals surface area contributed by atoms with Crippen LogP contribution in [0.15, 0.2) is 96.1 Å². The van der Waals surface area contributed by atoms with Crippen LogP contribution in [0.4, 0.5) is 21.0 Å². The van der Waals surface area contributed by atoms with E-state index in [0.717, 1.165) is 5.56 Å². The lowest BCUT2D eigenvalue weighted by molar-refractivity contribution is 0.248. The molecule has 8 heteroatoms. The number of amides is 4. The summed E-state index contributed by atoms with van der Waals surface area (Å²) in [6.07, 6.45) is 0. The average molecular weight is 402 g/mol. The lowest BCUT2D eigenvalue weighted by Gasteiger charge is -2.11. The van der Waals surface area contributed by atoms with E-state index in [4.69, 9.17) is 0 Å². The zero-order valence-corrected chi connectivity index (χ0v) is 16.1. The number of para-hydroxylation sites is 2. The van der Waals surface area contributed by atoms with E-state index in [0.29, 0.717) is 17.1 Å². The van der Waals surface area contributed by atoms with Gasteiger partial charge in [-0.05, 0) is 29.8 Å². The first-order valence-corrected chi connectivity index (χ1v) is 9.29. The highest BCUT2D eigenvalue weighted by Gasteiger charge is 2.07. The number of urea groups is 2. The molecular formula is C22H22N6O2. The second-order valence-electron chi connectivity index (χ2n) is 6.16. The molecule has 3 aromatic rings. The summed E-state index contributed by atoms with van der Waals surface area (Å²) >= 11 is 0. The van der Waals surface area contributed by atoms with Crippen molar-refractivity contribution in [2.45, 2.75) is 0 Å². The standard InChI is InChI=1S/C22H22N6O2/c29-21(24-18-12-6-2-7-13-18)27-23-16-20(17-10-4-1-5-11-17)26-28-22(30)25-19-14-8-3-9-15-19/h1-15,23H,16H2,(H2,24,27,29)(H2,25,28,30). The van der Waals surface area contributed by atoms with Crippen LogP contribution in [0.2, 0.25) is 0 Å². The molecule has 0 unspecified atom stereocenters. The molecule has 3 rings (SSSR count). The minimum absolute atomic E-state index is 0.192. The van der Waals surface area contributed by atoms with Gasteiger partial charge in [-0.2, -0.15) is 5.10 Å². The summed E-state index contributed by atoms with van der Waals surface area (Å²) < 4.78 is 0. The molecular weight excluding hydrogens is 380 g/mol. The van der Waals surface area contributed by atoms with Crippen LogP contribution in [0.25, 0.3) is 0 Å². The molecule has 0 aromatic heterocycles. The van der Waals surface area contributed by atoms with Crippen molar-refractivity contribution < 1.29 is 9.59 Å². The van der Waals surface area contributed by atoms with Gasteiger partial charge in [-0.1, -0.05) is 66.7 Å². The fourth-order valence-electron chi connectivity index (χ4n) is 2.53. The number of rotatable bonds is 7. The van der Waals surface area contributed by atoms with Gasteiger partial charge < -0.3 is 10.6 Å². The number of nitrogens with one attached hydrogen (secondary N) is 5. The van der Waals surface area contributed by atoms with E-state index < -0.39 is 12.1 Å². The molecule has 0 atom stereocenters. The van der Waals surface area contributed by atoms with E-state index in [1.54, 1.807) is 24.3 Å². The second-order valence-corrected chi connectivity index (χ2v) is 6.16. The fraction of sp³-hybridized carbons (Fsp3) is 0.0455. The number of hydrazone groups is 1. The summed E-state index contributed by atoms with van der Waals surface area (Å²) in [6, 6.07) is 26.6. The molecule has 0 heterocycles. The number of hydrogen-bond acceptors (Lipinski definition) is 4. The van der Waals surface area contributed by atoms with E-state index in [2.05, 4.69) is 32.0 Å². The maximum absolute atomic E-state index is 12.1. The molecule has 0 bridgehead atoms. The van der Waals surface area contributed by atoms with Crippen LogP contribution in [0.5, 0.6) is 0 Å². The van der Waals surface area contributed by atoms with Crippen LogP contribution < -0.4 is 26.9 Å². The Hall–Kier alpha value is -4.17. The van der Waals surface area contributed by atoms with E-state index in [1.165, 1.54) is 0 Å². The molecule has 0 radical (unpaired) electrons. The molecule has 152 valence electrons. The molecule has 5 N–H and O–H groups in total. The van der Waals surface area contributed by atoms with Crippen LogP contribution >= 0.6 is 0 Å². The molecule has 0 aliphatic rings. The highest BCUT2D eigenvalue weighted by Crippen LogP contribution is 2.05. The quantitative estimate of drug-likeness (QED) is 0.308. The van der Waals surface area contributed by atoms with Gasteiger partial charge >= 0.3 is 12.1 Å². The SMILES string of the molecule is O=C(NN=C(CNNC(=O)Nc1ccccc1)c1ccccc1)Nc1ccccc1. The summed E-state index contributed by atoms with van der Waals surface area (Å²) in [4.78, 5) is 24.1. The highest BCUT2D eigenvalue weighted by molar-refractivity contribution is 6.03. The third kappa shape index (κ3) is 6.77. The van der Waals surface area contributed by atoms with E-state index in [1.807, 2.05) is 66.7 Å². The number of nitrogens with zero attached hydrogens (tertiary/aromatic N) is 1. The Labute approximate surface area is 174 Å². The minimum atomic E-state index is -0.468. The maximum Gasteiger partial charge on any atom is 0.339 e. The summed E-state index contributed by atoms with van der Waals surface area (Å²) in [6.45, 7) is 0.192. The van der Waals surface area contributed by atoms with Gasteiger partial charge in [-0.3, -0.25) is 5.43 Å². The van der Waals surface area contributed by atoms with E-state index >= 15 is 0 Å². The van der Waals surface area contributed by atoms with Crippen molar-refractivity contribution in [2.24, 2.45) is 5.10 Å². The smallest absolute Gasteiger partial charge is 0.307 e.